The number of nitrogens with zero attached hydrogens (tertiary/aromatic N) is 3. The molecule has 1 aliphatic carbocycles. The summed E-state index contributed by atoms with van der Waals surface area (Å²) in [6.45, 7) is 2.88. The van der Waals surface area contributed by atoms with Crippen molar-refractivity contribution in [2.45, 2.75) is 44.2 Å². The van der Waals surface area contributed by atoms with Gasteiger partial charge in [0.1, 0.15) is 17.3 Å². The van der Waals surface area contributed by atoms with Gasteiger partial charge in [-0.15, -0.1) is 11.3 Å². The Kier molecular flexibility index (Phi) is 4.48. The molecule has 0 atom stereocenters. The molecule has 1 saturated carbocycles. The minimum absolute atomic E-state index is 0.244. The maximum absolute atomic E-state index is 6.38. The number of aromatic nitrogens is 2. The number of fused-ring (bicyclic) bond motifs is 3. The lowest BCUT2D eigenvalue weighted by Gasteiger charge is -2.38. The van der Waals surface area contributed by atoms with Gasteiger partial charge >= 0.3 is 0 Å². The number of thiophene rings is 1. The summed E-state index contributed by atoms with van der Waals surface area (Å²) in [5, 5.41) is 2.27. The van der Waals surface area contributed by atoms with E-state index in [0.29, 0.717) is 6.04 Å². The molecule has 1 saturated heterocycles. The van der Waals surface area contributed by atoms with Crippen molar-refractivity contribution in [3.8, 4) is 5.88 Å². The van der Waals surface area contributed by atoms with Crippen LogP contribution in [0.1, 0.15) is 32.1 Å². The highest BCUT2D eigenvalue weighted by Gasteiger charge is 2.28. The minimum Gasteiger partial charge on any atom is -0.474 e. The van der Waals surface area contributed by atoms with Crippen LogP contribution in [0.4, 0.5) is 0 Å². The molecular formula is C20H23N3O2S. The van der Waals surface area contributed by atoms with E-state index in [1.165, 1.54) is 29.5 Å². The summed E-state index contributed by atoms with van der Waals surface area (Å²) in [6.07, 6.45) is 7.53. The van der Waals surface area contributed by atoms with Crippen LogP contribution in [0, 0.1) is 0 Å². The van der Waals surface area contributed by atoms with Crippen molar-refractivity contribution >= 4 is 31.6 Å². The van der Waals surface area contributed by atoms with Crippen molar-refractivity contribution in [1.29, 1.82) is 0 Å². The summed E-state index contributed by atoms with van der Waals surface area (Å²) in [6, 6.07) is 9.05. The smallest absolute Gasteiger partial charge is 0.226 e. The third-order valence-electron chi connectivity index (χ3n) is 5.57. The van der Waals surface area contributed by atoms with Gasteiger partial charge in [0, 0.05) is 29.3 Å². The fourth-order valence-corrected chi connectivity index (χ4v) is 5.24. The molecule has 0 radical (unpaired) electrons. The van der Waals surface area contributed by atoms with Crippen molar-refractivity contribution < 1.29 is 9.47 Å². The standard InChI is InChI=1S/C20H23N3O2S/c1-2-5-17-16(4-1)18-19(21-12-22-20(18)26-17)25-15-8-6-14(7-9-15)23-10-3-11-24-13-23/h1-2,4-5,12,14-15H,3,6-11,13H2. The van der Waals surface area contributed by atoms with Gasteiger partial charge in [-0.3, -0.25) is 4.90 Å². The van der Waals surface area contributed by atoms with Crippen LogP contribution >= 0.6 is 11.3 Å². The molecule has 136 valence electrons. The number of ether oxygens (including phenoxy) is 2. The van der Waals surface area contributed by atoms with Gasteiger partial charge in [0.15, 0.2) is 0 Å². The van der Waals surface area contributed by atoms with Gasteiger partial charge < -0.3 is 9.47 Å². The van der Waals surface area contributed by atoms with E-state index in [2.05, 4.69) is 39.1 Å². The van der Waals surface area contributed by atoms with Gasteiger partial charge in [0.05, 0.1) is 12.1 Å². The quantitative estimate of drug-likeness (QED) is 0.692. The molecule has 2 aromatic heterocycles. The van der Waals surface area contributed by atoms with Crippen molar-refractivity contribution in [2.24, 2.45) is 0 Å². The average Bonchev–Trinajstić information content (AvgIpc) is 3.09. The number of hydrogen-bond acceptors (Lipinski definition) is 6. The van der Waals surface area contributed by atoms with Crippen LogP contribution in [0.15, 0.2) is 30.6 Å². The molecule has 3 heterocycles. The van der Waals surface area contributed by atoms with Crippen LogP contribution in [-0.2, 0) is 4.74 Å². The maximum atomic E-state index is 6.38. The van der Waals surface area contributed by atoms with Crippen molar-refractivity contribution in [2.75, 3.05) is 19.9 Å². The summed E-state index contributed by atoms with van der Waals surface area (Å²) < 4.78 is 13.2. The Balaban J connectivity index is 1.33. The summed E-state index contributed by atoms with van der Waals surface area (Å²) in [4.78, 5) is 12.4. The molecule has 1 aromatic carbocycles. The van der Waals surface area contributed by atoms with Crippen LogP contribution < -0.4 is 4.74 Å². The second-order valence-electron chi connectivity index (χ2n) is 7.21. The van der Waals surface area contributed by atoms with E-state index >= 15 is 0 Å². The average molecular weight is 369 g/mol. The third-order valence-corrected chi connectivity index (χ3v) is 6.65. The van der Waals surface area contributed by atoms with E-state index < -0.39 is 0 Å². The molecule has 0 N–H and O–H groups in total. The van der Waals surface area contributed by atoms with Gasteiger partial charge in [-0.2, -0.15) is 0 Å². The monoisotopic (exact) mass is 369 g/mol. The molecule has 2 fully saturated rings. The Labute approximate surface area is 156 Å². The lowest BCUT2D eigenvalue weighted by atomic mass is 9.91. The van der Waals surface area contributed by atoms with Crippen molar-refractivity contribution in [1.82, 2.24) is 14.9 Å². The van der Waals surface area contributed by atoms with Gasteiger partial charge in [0.2, 0.25) is 5.88 Å². The topological polar surface area (TPSA) is 47.5 Å². The second kappa shape index (κ2) is 7.10. The zero-order valence-electron chi connectivity index (χ0n) is 14.8. The van der Waals surface area contributed by atoms with Crippen LogP contribution in [0.3, 0.4) is 0 Å². The summed E-state index contributed by atoms with van der Waals surface area (Å²) >= 11 is 1.71. The number of rotatable bonds is 3. The third kappa shape index (κ3) is 3.06. The van der Waals surface area contributed by atoms with Crippen molar-refractivity contribution in [3.05, 3.63) is 30.6 Å². The predicted molar refractivity (Wildman–Crippen MR) is 104 cm³/mol. The largest absolute Gasteiger partial charge is 0.474 e. The van der Waals surface area contributed by atoms with E-state index in [9.17, 15) is 0 Å². The van der Waals surface area contributed by atoms with Crippen LogP contribution in [0.2, 0.25) is 0 Å². The van der Waals surface area contributed by atoms with E-state index in [1.807, 2.05) is 0 Å². The van der Waals surface area contributed by atoms with E-state index in [1.54, 1.807) is 17.7 Å². The Morgan fingerprint density at radius 1 is 1.12 bits per heavy atom. The molecule has 0 amide bonds. The zero-order valence-corrected chi connectivity index (χ0v) is 15.6. The zero-order chi connectivity index (χ0) is 17.3. The molecule has 1 aliphatic heterocycles. The molecule has 5 rings (SSSR count). The first-order chi connectivity index (χ1) is 12.9. The SMILES string of the molecule is c1ccc2c(c1)sc1ncnc(OC3CCC(N4CCCOC4)CC3)c12. The van der Waals surface area contributed by atoms with E-state index in [0.717, 1.165) is 48.7 Å². The molecule has 0 unspecified atom stereocenters. The molecular weight excluding hydrogens is 346 g/mol. The Morgan fingerprint density at radius 3 is 2.85 bits per heavy atom. The van der Waals surface area contributed by atoms with Gasteiger partial charge in [-0.1, -0.05) is 18.2 Å². The molecule has 2 aliphatic rings. The van der Waals surface area contributed by atoms with Gasteiger partial charge in [-0.25, -0.2) is 9.97 Å². The lowest BCUT2D eigenvalue weighted by Crippen LogP contribution is -2.44. The number of benzene rings is 1. The van der Waals surface area contributed by atoms with Crippen LogP contribution in [0.25, 0.3) is 20.3 Å². The first-order valence-electron chi connectivity index (χ1n) is 9.49. The second-order valence-corrected chi connectivity index (χ2v) is 8.24. The predicted octanol–water partition coefficient (Wildman–Crippen LogP) is 4.21. The molecule has 5 nitrogen and oxygen atoms in total. The highest BCUT2D eigenvalue weighted by atomic mass is 32.1. The van der Waals surface area contributed by atoms with Crippen molar-refractivity contribution in [3.63, 3.8) is 0 Å². The summed E-state index contributed by atoms with van der Waals surface area (Å²) in [5.41, 5.74) is 0. The molecule has 3 aromatic rings. The fourth-order valence-electron chi connectivity index (χ4n) is 4.21. The summed E-state index contributed by atoms with van der Waals surface area (Å²) in [7, 11) is 0. The molecule has 26 heavy (non-hydrogen) atoms. The van der Waals surface area contributed by atoms with Gasteiger partial charge in [-0.05, 0) is 38.2 Å². The van der Waals surface area contributed by atoms with Gasteiger partial charge in [0.25, 0.3) is 0 Å². The first kappa shape index (κ1) is 16.4. The Hall–Kier alpha value is -1.76. The highest BCUT2D eigenvalue weighted by molar-refractivity contribution is 7.25. The van der Waals surface area contributed by atoms with Crippen LogP contribution in [-0.4, -0.2) is 46.9 Å². The lowest BCUT2D eigenvalue weighted by molar-refractivity contribution is -0.0491. The Morgan fingerprint density at radius 2 is 2.00 bits per heavy atom. The van der Waals surface area contributed by atoms with Crippen LogP contribution in [0.5, 0.6) is 5.88 Å². The minimum atomic E-state index is 0.244. The molecule has 6 heteroatoms. The highest BCUT2D eigenvalue weighted by Crippen LogP contribution is 2.38. The Bertz CT molecular complexity index is 898. The molecule has 0 bridgehead atoms. The summed E-state index contributed by atoms with van der Waals surface area (Å²) in [5.74, 6) is 0.747. The van der Waals surface area contributed by atoms with E-state index in [-0.39, 0.29) is 6.10 Å². The fraction of sp³-hybridized carbons (Fsp3) is 0.500. The normalized spacial score (nSPS) is 24.9. The number of hydrogen-bond donors (Lipinski definition) is 0. The first-order valence-corrected chi connectivity index (χ1v) is 10.3. The molecule has 0 spiro atoms. The maximum Gasteiger partial charge on any atom is 0.226 e. The van der Waals surface area contributed by atoms with E-state index in [4.69, 9.17) is 9.47 Å².